The van der Waals surface area contributed by atoms with Crippen LogP contribution < -0.4 is 10.1 Å². The minimum Gasteiger partial charge on any atom is -0.475 e. The second kappa shape index (κ2) is 7.54. The van der Waals surface area contributed by atoms with Crippen LogP contribution in [0.4, 0.5) is 5.69 Å². The molecule has 0 aliphatic heterocycles. The summed E-state index contributed by atoms with van der Waals surface area (Å²) >= 11 is 0. The molecule has 0 radical (unpaired) electrons. The van der Waals surface area contributed by atoms with E-state index in [1.807, 2.05) is 19.9 Å². The van der Waals surface area contributed by atoms with Gasteiger partial charge in [-0.05, 0) is 32.4 Å². The zero-order valence-electron chi connectivity index (χ0n) is 13.8. The Morgan fingerprint density at radius 2 is 2.08 bits per heavy atom. The largest absolute Gasteiger partial charge is 0.475 e. The Kier molecular flexibility index (Phi) is 5.47. The van der Waals surface area contributed by atoms with Crippen molar-refractivity contribution in [3.63, 3.8) is 0 Å². The van der Waals surface area contributed by atoms with Crippen molar-refractivity contribution in [2.45, 2.75) is 33.4 Å². The van der Waals surface area contributed by atoms with Gasteiger partial charge in [-0.15, -0.1) is 0 Å². The van der Waals surface area contributed by atoms with Gasteiger partial charge in [0.1, 0.15) is 0 Å². The summed E-state index contributed by atoms with van der Waals surface area (Å²) in [6.45, 7) is 5.73. The van der Waals surface area contributed by atoms with E-state index in [0.29, 0.717) is 11.4 Å². The average Bonchev–Trinajstić information content (AvgIpc) is 2.53. The third kappa shape index (κ3) is 4.52. The van der Waals surface area contributed by atoms with Crippen LogP contribution in [0.25, 0.3) is 0 Å². The molecule has 0 saturated heterocycles. The van der Waals surface area contributed by atoms with Crippen LogP contribution in [0, 0.1) is 17.0 Å². The number of aromatic nitrogens is 1. The Morgan fingerprint density at radius 3 is 2.67 bits per heavy atom. The Labute approximate surface area is 139 Å². The molecule has 1 heterocycles. The van der Waals surface area contributed by atoms with Crippen LogP contribution in [0.15, 0.2) is 36.5 Å². The minimum atomic E-state index is -0.497. The van der Waals surface area contributed by atoms with Crippen molar-refractivity contribution < 1.29 is 14.5 Å². The van der Waals surface area contributed by atoms with Gasteiger partial charge in [-0.3, -0.25) is 14.9 Å². The molecular weight excluding hydrogens is 310 g/mol. The number of amides is 1. The third-order valence-electron chi connectivity index (χ3n) is 3.28. The van der Waals surface area contributed by atoms with E-state index in [1.54, 1.807) is 31.3 Å². The minimum absolute atomic E-state index is 0.0420. The fourth-order valence-corrected chi connectivity index (χ4v) is 2.06. The number of hydrogen-bond donors (Lipinski definition) is 1. The fourth-order valence-electron chi connectivity index (χ4n) is 2.06. The van der Waals surface area contributed by atoms with Crippen LogP contribution >= 0.6 is 0 Å². The van der Waals surface area contributed by atoms with Gasteiger partial charge in [0, 0.05) is 36.0 Å². The first kappa shape index (κ1) is 17.4. The molecule has 2 rings (SSSR count). The number of carbonyl (C=O) groups excluding carboxylic acids is 1. The lowest BCUT2D eigenvalue weighted by Crippen LogP contribution is -2.23. The highest BCUT2D eigenvalue weighted by molar-refractivity contribution is 5.94. The molecule has 1 aromatic carbocycles. The summed E-state index contributed by atoms with van der Waals surface area (Å²) in [5, 5.41) is 13.7. The SMILES string of the molecule is Cc1ccc(C(=O)NCc2ccc(OC(C)C)nc2)cc1[N+](=O)[O-]. The summed E-state index contributed by atoms with van der Waals surface area (Å²) in [4.78, 5) is 26.7. The van der Waals surface area contributed by atoms with Gasteiger partial charge in [-0.2, -0.15) is 0 Å². The maximum atomic E-state index is 12.1. The van der Waals surface area contributed by atoms with E-state index in [1.165, 1.54) is 6.07 Å². The van der Waals surface area contributed by atoms with Crippen molar-refractivity contribution in [1.82, 2.24) is 10.3 Å². The number of rotatable bonds is 6. The van der Waals surface area contributed by atoms with Crippen LogP contribution in [-0.4, -0.2) is 21.9 Å². The Morgan fingerprint density at radius 1 is 1.33 bits per heavy atom. The summed E-state index contributed by atoms with van der Waals surface area (Å²) in [6.07, 6.45) is 1.66. The quantitative estimate of drug-likeness (QED) is 0.649. The van der Waals surface area contributed by atoms with E-state index >= 15 is 0 Å². The van der Waals surface area contributed by atoms with Gasteiger partial charge in [0.2, 0.25) is 5.88 Å². The van der Waals surface area contributed by atoms with Crippen molar-refractivity contribution in [2.24, 2.45) is 0 Å². The first-order valence-electron chi connectivity index (χ1n) is 7.51. The van der Waals surface area contributed by atoms with Crippen LogP contribution in [-0.2, 0) is 6.54 Å². The number of pyridine rings is 1. The predicted octanol–water partition coefficient (Wildman–Crippen LogP) is 3.02. The number of carbonyl (C=O) groups is 1. The second-order valence-corrected chi connectivity index (χ2v) is 5.61. The van der Waals surface area contributed by atoms with E-state index in [0.717, 1.165) is 5.56 Å². The molecular formula is C17H19N3O4. The van der Waals surface area contributed by atoms with E-state index in [2.05, 4.69) is 10.3 Å². The lowest BCUT2D eigenvalue weighted by molar-refractivity contribution is -0.385. The zero-order valence-corrected chi connectivity index (χ0v) is 13.8. The van der Waals surface area contributed by atoms with Gasteiger partial charge in [0.05, 0.1) is 11.0 Å². The van der Waals surface area contributed by atoms with Crippen LogP contribution in [0.5, 0.6) is 5.88 Å². The topological polar surface area (TPSA) is 94.4 Å². The first-order valence-corrected chi connectivity index (χ1v) is 7.51. The molecule has 0 aliphatic carbocycles. The molecule has 0 spiro atoms. The molecule has 7 nitrogen and oxygen atoms in total. The molecule has 0 saturated carbocycles. The van der Waals surface area contributed by atoms with Crippen LogP contribution in [0.2, 0.25) is 0 Å². The number of nitrogens with one attached hydrogen (secondary N) is 1. The molecule has 1 N–H and O–H groups in total. The van der Waals surface area contributed by atoms with Crippen molar-refractivity contribution in [3.8, 4) is 5.88 Å². The lowest BCUT2D eigenvalue weighted by Gasteiger charge is -2.09. The Balaban J connectivity index is 2.00. The van der Waals surface area contributed by atoms with Gasteiger partial charge in [-0.1, -0.05) is 12.1 Å². The van der Waals surface area contributed by atoms with E-state index in [4.69, 9.17) is 4.74 Å². The highest BCUT2D eigenvalue weighted by Gasteiger charge is 2.14. The molecule has 0 aliphatic rings. The normalized spacial score (nSPS) is 10.5. The van der Waals surface area contributed by atoms with Crippen molar-refractivity contribution >= 4 is 11.6 Å². The van der Waals surface area contributed by atoms with E-state index in [-0.39, 0.29) is 29.8 Å². The monoisotopic (exact) mass is 329 g/mol. The van der Waals surface area contributed by atoms with Crippen molar-refractivity contribution in [3.05, 3.63) is 63.3 Å². The smallest absolute Gasteiger partial charge is 0.273 e. The molecule has 126 valence electrons. The summed E-state index contributed by atoms with van der Waals surface area (Å²) in [6, 6.07) is 7.95. The number of nitrogens with zero attached hydrogens (tertiary/aromatic N) is 2. The van der Waals surface area contributed by atoms with Crippen LogP contribution in [0.3, 0.4) is 0 Å². The molecule has 0 atom stereocenters. The standard InChI is InChI=1S/C17H19N3O4/c1-11(2)24-16-7-5-13(9-18-16)10-19-17(21)14-6-4-12(3)15(8-14)20(22)23/h4-9,11H,10H2,1-3H3,(H,19,21). The molecule has 1 aromatic heterocycles. The number of ether oxygens (including phenoxy) is 1. The molecule has 0 unspecified atom stereocenters. The molecule has 24 heavy (non-hydrogen) atoms. The van der Waals surface area contributed by atoms with Gasteiger partial charge in [-0.25, -0.2) is 4.98 Å². The molecule has 0 bridgehead atoms. The Hall–Kier alpha value is -2.96. The van der Waals surface area contributed by atoms with Gasteiger partial charge < -0.3 is 10.1 Å². The highest BCUT2D eigenvalue weighted by Crippen LogP contribution is 2.19. The summed E-state index contributed by atoms with van der Waals surface area (Å²) in [5.41, 5.74) is 1.50. The summed E-state index contributed by atoms with van der Waals surface area (Å²) in [7, 11) is 0. The number of nitro groups is 1. The van der Waals surface area contributed by atoms with Gasteiger partial charge >= 0.3 is 0 Å². The highest BCUT2D eigenvalue weighted by atomic mass is 16.6. The number of aryl methyl sites for hydroxylation is 1. The third-order valence-corrected chi connectivity index (χ3v) is 3.28. The Bertz CT molecular complexity index is 742. The number of hydrogen-bond acceptors (Lipinski definition) is 5. The second-order valence-electron chi connectivity index (χ2n) is 5.61. The lowest BCUT2D eigenvalue weighted by atomic mass is 10.1. The molecule has 2 aromatic rings. The predicted molar refractivity (Wildman–Crippen MR) is 89.0 cm³/mol. The summed E-state index contributed by atoms with van der Waals surface area (Å²) < 4.78 is 5.45. The molecule has 1 amide bonds. The average molecular weight is 329 g/mol. The number of nitro benzene ring substituents is 1. The summed E-state index contributed by atoms with van der Waals surface area (Å²) in [5.74, 6) is 0.148. The van der Waals surface area contributed by atoms with Crippen molar-refractivity contribution in [1.29, 1.82) is 0 Å². The van der Waals surface area contributed by atoms with E-state index < -0.39 is 4.92 Å². The molecule has 7 heteroatoms. The molecule has 0 fully saturated rings. The van der Waals surface area contributed by atoms with Crippen molar-refractivity contribution in [2.75, 3.05) is 0 Å². The maximum Gasteiger partial charge on any atom is 0.273 e. The fraction of sp³-hybridized carbons (Fsp3) is 0.294. The van der Waals surface area contributed by atoms with Gasteiger partial charge in [0.15, 0.2) is 0 Å². The van der Waals surface area contributed by atoms with Gasteiger partial charge in [0.25, 0.3) is 11.6 Å². The van der Waals surface area contributed by atoms with E-state index in [9.17, 15) is 14.9 Å². The zero-order chi connectivity index (χ0) is 17.7. The maximum absolute atomic E-state index is 12.1. The first-order chi connectivity index (χ1) is 11.4. The number of benzene rings is 1. The van der Waals surface area contributed by atoms with Crippen LogP contribution in [0.1, 0.15) is 35.3 Å².